The molecule has 1 aromatic carbocycles. The Morgan fingerprint density at radius 1 is 1.18 bits per heavy atom. The SMILES string of the molecule is O=C(O)C1CN(C(=O)CCC2CCCC2)Cc2ccccc21. The van der Waals surface area contributed by atoms with Crippen LogP contribution in [0.2, 0.25) is 0 Å². The largest absolute Gasteiger partial charge is 0.481 e. The number of carboxylic acid groups (broad SMARTS) is 1. The van der Waals surface area contributed by atoms with Crippen molar-refractivity contribution in [3.05, 3.63) is 35.4 Å². The van der Waals surface area contributed by atoms with E-state index >= 15 is 0 Å². The second-order valence-corrected chi connectivity index (χ2v) is 6.55. The van der Waals surface area contributed by atoms with Gasteiger partial charge in [0.25, 0.3) is 0 Å². The maximum absolute atomic E-state index is 12.5. The third-order valence-electron chi connectivity index (χ3n) is 5.09. The van der Waals surface area contributed by atoms with Crippen molar-refractivity contribution in [2.45, 2.75) is 51.0 Å². The fraction of sp³-hybridized carbons (Fsp3) is 0.556. The van der Waals surface area contributed by atoms with Gasteiger partial charge < -0.3 is 10.0 Å². The molecule has 2 aliphatic rings. The Labute approximate surface area is 131 Å². The second kappa shape index (κ2) is 6.51. The molecular weight excluding hydrogens is 278 g/mol. The Morgan fingerprint density at radius 2 is 1.91 bits per heavy atom. The predicted molar refractivity (Wildman–Crippen MR) is 83.4 cm³/mol. The van der Waals surface area contributed by atoms with E-state index in [9.17, 15) is 14.7 Å². The van der Waals surface area contributed by atoms with Gasteiger partial charge >= 0.3 is 5.97 Å². The van der Waals surface area contributed by atoms with E-state index in [1.54, 1.807) is 4.90 Å². The zero-order valence-corrected chi connectivity index (χ0v) is 12.8. The monoisotopic (exact) mass is 301 g/mol. The van der Waals surface area contributed by atoms with E-state index in [-0.39, 0.29) is 5.91 Å². The molecule has 0 bridgehead atoms. The number of benzene rings is 1. The van der Waals surface area contributed by atoms with Gasteiger partial charge in [-0.15, -0.1) is 0 Å². The minimum Gasteiger partial charge on any atom is -0.481 e. The quantitative estimate of drug-likeness (QED) is 0.929. The third-order valence-corrected chi connectivity index (χ3v) is 5.09. The molecule has 22 heavy (non-hydrogen) atoms. The van der Waals surface area contributed by atoms with Crippen LogP contribution in [0.1, 0.15) is 55.6 Å². The number of aliphatic carboxylic acids is 1. The van der Waals surface area contributed by atoms with Crippen LogP contribution in [0, 0.1) is 5.92 Å². The highest BCUT2D eigenvalue weighted by atomic mass is 16.4. The Balaban J connectivity index is 1.67. The molecule has 1 saturated carbocycles. The zero-order valence-electron chi connectivity index (χ0n) is 12.8. The summed E-state index contributed by atoms with van der Waals surface area (Å²) < 4.78 is 0. The molecule has 1 amide bonds. The van der Waals surface area contributed by atoms with E-state index in [2.05, 4.69) is 0 Å². The topological polar surface area (TPSA) is 57.6 Å². The van der Waals surface area contributed by atoms with E-state index in [0.29, 0.717) is 25.4 Å². The molecule has 0 saturated heterocycles. The first-order valence-corrected chi connectivity index (χ1v) is 8.23. The van der Waals surface area contributed by atoms with Crippen LogP contribution in [0.15, 0.2) is 24.3 Å². The molecule has 4 heteroatoms. The Bertz CT molecular complexity index is 563. The Kier molecular flexibility index (Phi) is 4.46. The van der Waals surface area contributed by atoms with Crippen LogP contribution in [0.25, 0.3) is 0 Å². The minimum atomic E-state index is -0.847. The van der Waals surface area contributed by atoms with Gasteiger partial charge in [-0.25, -0.2) is 0 Å². The van der Waals surface area contributed by atoms with E-state index in [0.717, 1.165) is 17.5 Å². The van der Waals surface area contributed by atoms with E-state index in [1.807, 2.05) is 24.3 Å². The summed E-state index contributed by atoms with van der Waals surface area (Å²) >= 11 is 0. The molecule has 1 N–H and O–H groups in total. The minimum absolute atomic E-state index is 0.104. The molecule has 0 spiro atoms. The lowest BCUT2D eigenvalue weighted by Gasteiger charge is -2.33. The normalized spacial score (nSPS) is 21.6. The number of carbonyl (C=O) groups is 2. The summed E-state index contributed by atoms with van der Waals surface area (Å²) in [6.07, 6.45) is 6.57. The highest BCUT2D eigenvalue weighted by molar-refractivity contribution is 5.81. The van der Waals surface area contributed by atoms with Gasteiger partial charge in [0, 0.05) is 19.5 Å². The Morgan fingerprint density at radius 3 is 2.64 bits per heavy atom. The number of rotatable bonds is 4. The maximum Gasteiger partial charge on any atom is 0.312 e. The summed E-state index contributed by atoms with van der Waals surface area (Å²) in [6.45, 7) is 0.847. The first kappa shape index (κ1) is 15.1. The lowest BCUT2D eigenvalue weighted by molar-refractivity contribution is -0.141. The van der Waals surface area contributed by atoms with Crippen LogP contribution in [-0.4, -0.2) is 28.4 Å². The molecule has 0 radical (unpaired) electrons. The summed E-state index contributed by atoms with van der Waals surface area (Å²) in [4.78, 5) is 25.7. The average molecular weight is 301 g/mol. The smallest absolute Gasteiger partial charge is 0.312 e. The number of nitrogens with zero attached hydrogens (tertiary/aromatic N) is 1. The molecule has 1 aliphatic carbocycles. The molecule has 1 fully saturated rings. The van der Waals surface area contributed by atoms with Crippen molar-refractivity contribution in [2.24, 2.45) is 5.92 Å². The Hall–Kier alpha value is -1.84. The summed E-state index contributed by atoms with van der Waals surface area (Å²) in [6, 6.07) is 7.58. The van der Waals surface area contributed by atoms with Crippen LogP contribution >= 0.6 is 0 Å². The summed E-state index contributed by atoms with van der Waals surface area (Å²) in [7, 11) is 0. The summed E-state index contributed by atoms with van der Waals surface area (Å²) in [5.74, 6) is -0.648. The zero-order chi connectivity index (χ0) is 15.5. The number of hydrogen-bond acceptors (Lipinski definition) is 2. The van der Waals surface area contributed by atoms with Crippen molar-refractivity contribution in [1.29, 1.82) is 0 Å². The van der Waals surface area contributed by atoms with Gasteiger partial charge in [0.1, 0.15) is 0 Å². The number of carbonyl (C=O) groups excluding carboxylic acids is 1. The molecular formula is C18H23NO3. The lowest BCUT2D eigenvalue weighted by Crippen LogP contribution is -2.40. The fourth-order valence-electron chi connectivity index (χ4n) is 3.79. The van der Waals surface area contributed by atoms with Gasteiger partial charge in [-0.1, -0.05) is 49.9 Å². The number of hydrogen-bond donors (Lipinski definition) is 1. The van der Waals surface area contributed by atoms with Crippen LogP contribution in [0.3, 0.4) is 0 Å². The highest BCUT2D eigenvalue weighted by Gasteiger charge is 2.32. The van der Waals surface area contributed by atoms with Crippen molar-refractivity contribution >= 4 is 11.9 Å². The molecule has 118 valence electrons. The van der Waals surface area contributed by atoms with Crippen molar-refractivity contribution in [3.8, 4) is 0 Å². The third kappa shape index (κ3) is 3.16. The lowest BCUT2D eigenvalue weighted by atomic mass is 9.89. The van der Waals surface area contributed by atoms with E-state index in [4.69, 9.17) is 0 Å². The fourth-order valence-corrected chi connectivity index (χ4v) is 3.79. The molecule has 3 rings (SSSR count). The van der Waals surface area contributed by atoms with E-state index < -0.39 is 11.9 Å². The first-order valence-electron chi connectivity index (χ1n) is 8.23. The van der Waals surface area contributed by atoms with Crippen LogP contribution in [0.5, 0.6) is 0 Å². The molecule has 1 heterocycles. The van der Waals surface area contributed by atoms with Gasteiger partial charge in [-0.05, 0) is 23.5 Å². The first-order chi connectivity index (χ1) is 10.6. The van der Waals surface area contributed by atoms with Gasteiger partial charge in [-0.2, -0.15) is 0 Å². The molecule has 1 unspecified atom stereocenters. The molecule has 1 aliphatic heterocycles. The molecule has 0 aromatic heterocycles. The second-order valence-electron chi connectivity index (χ2n) is 6.55. The van der Waals surface area contributed by atoms with E-state index in [1.165, 1.54) is 25.7 Å². The van der Waals surface area contributed by atoms with Crippen LogP contribution in [-0.2, 0) is 16.1 Å². The van der Waals surface area contributed by atoms with Gasteiger partial charge in [0.15, 0.2) is 0 Å². The highest BCUT2D eigenvalue weighted by Crippen LogP contribution is 2.31. The number of fused-ring (bicyclic) bond motifs is 1. The number of amides is 1. The summed E-state index contributed by atoms with van der Waals surface area (Å²) in [5.41, 5.74) is 1.82. The van der Waals surface area contributed by atoms with Crippen molar-refractivity contribution < 1.29 is 14.7 Å². The van der Waals surface area contributed by atoms with Gasteiger partial charge in [0.05, 0.1) is 5.92 Å². The maximum atomic E-state index is 12.5. The van der Waals surface area contributed by atoms with Crippen molar-refractivity contribution in [3.63, 3.8) is 0 Å². The average Bonchev–Trinajstić information content (AvgIpc) is 3.04. The van der Waals surface area contributed by atoms with Crippen LogP contribution < -0.4 is 0 Å². The predicted octanol–water partition coefficient (Wildman–Crippen LogP) is 3.17. The van der Waals surface area contributed by atoms with Gasteiger partial charge in [0.2, 0.25) is 5.91 Å². The number of carboxylic acids is 1. The van der Waals surface area contributed by atoms with Crippen molar-refractivity contribution in [2.75, 3.05) is 6.54 Å². The van der Waals surface area contributed by atoms with Crippen LogP contribution in [0.4, 0.5) is 0 Å². The molecule has 4 nitrogen and oxygen atoms in total. The van der Waals surface area contributed by atoms with Crippen molar-refractivity contribution in [1.82, 2.24) is 4.90 Å². The molecule has 1 atom stereocenters. The van der Waals surface area contributed by atoms with Gasteiger partial charge in [-0.3, -0.25) is 9.59 Å². The summed E-state index contributed by atoms with van der Waals surface area (Å²) in [5, 5.41) is 9.45. The molecule has 1 aromatic rings. The standard InChI is InChI=1S/C18H23NO3/c20-17(10-9-13-5-1-2-6-13)19-11-14-7-3-4-8-15(14)16(12-19)18(21)22/h3-4,7-8,13,16H,1-2,5-6,9-12H2,(H,21,22).